The molecule has 1 aromatic carbocycles. The zero-order valence-corrected chi connectivity index (χ0v) is 12.8. The van der Waals surface area contributed by atoms with Gasteiger partial charge >= 0.3 is 0 Å². The maximum absolute atomic E-state index is 5.80. The summed E-state index contributed by atoms with van der Waals surface area (Å²) in [5, 5.41) is 0. The van der Waals surface area contributed by atoms with Gasteiger partial charge in [-0.2, -0.15) is 0 Å². The van der Waals surface area contributed by atoms with Crippen LogP contribution >= 0.6 is 15.9 Å². The number of halogens is 1. The highest BCUT2D eigenvalue weighted by atomic mass is 79.9. The van der Waals surface area contributed by atoms with E-state index in [1.54, 1.807) is 0 Å². The van der Waals surface area contributed by atoms with Crippen LogP contribution in [0.15, 0.2) is 47.1 Å². The summed E-state index contributed by atoms with van der Waals surface area (Å²) in [5.74, 6) is 0. The molecule has 3 nitrogen and oxygen atoms in total. The summed E-state index contributed by atoms with van der Waals surface area (Å²) in [6, 6.07) is 12.3. The van der Waals surface area contributed by atoms with Gasteiger partial charge in [0.05, 0.1) is 17.6 Å². The summed E-state index contributed by atoms with van der Waals surface area (Å²) < 4.78 is 1.10. The Bertz CT molecular complexity index is 537. The fourth-order valence-electron chi connectivity index (χ4n) is 1.89. The van der Waals surface area contributed by atoms with Gasteiger partial charge < -0.3 is 10.6 Å². The van der Waals surface area contributed by atoms with Crippen molar-refractivity contribution in [1.29, 1.82) is 0 Å². The quantitative estimate of drug-likeness (QED) is 0.937. The Morgan fingerprint density at radius 3 is 2.68 bits per heavy atom. The highest BCUT2D eigenvalue weighted by molar-refractivity contribution is 9.10. The van der Waals surface area contributed by atoms with Crippen LogP contribution in [0.2, 0.25) is 0 Å². The van der Waals surface area contributed by atoms with Gasteiger partial charge in [-0.05, 0) is 36.8 Å². The second-order valence-electron chi connectivity index (χ2n) is 4.72. The number of nitrogens with two attached hydrogens (primary N) is 1. The molecule has 0 radical (unpaired) electrons. The van der Waals surface area contributed by atoms with E-state index in [0.717, 1.165) is 22.4 Å². The molecule has 1 atom stereocenters. The number of aromatic nitrogens is 1. The zero-order valence-electron chi connectivity index (χ0n) is 11.2. The fraction of sp³-hybridized carbons (Fsp3) is 0.267. The first-order chi connectivity index (χ1) is 9.06. The molecular weight excluding hydrogens is 302 g/mol. The third-order valence-corrected chi connectivity index (χ3v) is 3.48. The minimum Gasteiger partial charge on any atom is -0.369 e. The molecule has 0 saturated heterocycles. The predicted molar refractivity (Wildman–Crippen MR) is 83.1 cm³/mol. The van der Waals surface area contributed by atoms with Gasteiger partial charge in [0.25, 0.3) is 0 Å². The lowest BCUT2D eigenvalue weighted by Gasteiger charge is -2.19. The second-order valence-corrected chi connectivity index (χ2v) is 5.63. The third-order valence-electron chi connectivity index (χ3n) is 2.99. The number of rotatable bonds is 4. The molecule has 2 rings (SSSR count). The average molecular weight is 320 g/mol. The third kappa shape index (κ3) is 3.78. The Hall–Kier alpha value is -1.39. The minimum atomic E-state index is -0.0237. The van der Waals surface area contributed by atoms with Crippen LogP contribution in [0.1, 0.15) is 24.2 Å². The van der Waals surface area contributed by atoms with Crippen LogP contribution in [-0.2, 0) is 6.54 Å². The standard InChI is InChI=1S/C15H18BrN3/c1-11(17)15-7-6-14(9-18-15)19(2)10-12-4-3-5-13(16)8-12/h3-9,11H,10,17H2,1-2H3. The highest BCUT2D eigenvalue weighted by Crippen LogP contribution is 2.18. The van der Waals surface area contributed by atoms with Gasteiger partial charge in [0.2, 0.25) is 0 Å². The molecule has 0 bridgehead atoms. The Kier molecular flexibility index (Phi) is 4.56. The van der Waals surface area contributed by atoms with Gasteiger partial charge in [0, 0.05) is 24.1 Å². The van der Waals surface area contributed by atoms with E-state index in [1.165, 1.54) is 5.56 Å². The maximum Gasteiger partial charge on any atom is 0.0569 e. The number of hydrogen-bond donors (Lipinski definition) is 1. The van der Waals surface area contributed by atoms with E-state index in [4.69, 9.17) is 5.73 Å². The largest absolute Gasteiger partial charge is 0.369 e. The molecule has 0 aliphatic heterocycles. The van der Waals surface area contributed by atoms with Crippen molar-refractivity contribution in [3.8, 4) is 0 Å². The van der Waals surface area contributed by atoms with Crippen molar-refractivity contribution in [2.45, 2.75) is 19.5 Å². The lowest BCUT2D eigenvalue weighted by atomic mass is 10.2. The first-order valence-corrected chi connectivity index (χ1v) is 7.02. The summed E-state index contributed by atoms with van der Waals surface area (Å²) in [7, 11) is 2.06. The molecular formula is C15H18BrN3. The fourth-order valence-corrected chi connectivity index (χ4v) is 2.34. The number of anilines is 1. The molecule has 1 unspecified atom stereocenters. The Morgan fingerprint density at radius 2 is 2.11 bits per heavy atom. The lowest BCUT2D eigenvalue weighted by molar-refractivity contribution is 0.779. The summed E-state index contributed by atoms with van der Waals surface area (Å²) in [5.41, 5.74) is 9.06. The molecule has 100 valence electrons. The van der Waals surface area contributed by atoms with Gasteiger partial charge in [-0.3, -0.25) is 4.98 Å². The zero-order chi connectivity index (χ0) is 13.8. The molecule has 4 heteroatoms. The van der Waals surface area contributed by atoms with E-state index >= 15 is 0 Å². The Balaban J connectivity index is 2.09. The SMILES string of the molecule is CC(N)c1ccc(N(C)Cc2cccc(Br)c2)cn1. The number of hydrogen-bond acceptors (Lipinski definition) is 3. The van der Waals surface area contributed by atoms with Crippen LogP contribution in [0.25, 0.3) is 0 Å². The molecule has 0 spiro atoms. The molecule has 0 fully saturated rings. The molecule has 19 heavy (non-hydrogen) atoms. The summed E-state index contributed by atoms with van der Waals surface area (Å²) in [4.78, 5) is 6.55. The molecule has 1 heterocycles. The van der Waals surface area contributed by atoms with Gasteiger partial charge in [0.1, 0.15) is 0 Å². The topological polar surface area (TPSA) is 42.1 Å². The van der Waals surface area contributed by atoms with Crippen molar-refractivity contribution in [1.82, 2.24) is 4.98 Å². The average Bonchev–Trinajstić information content (AvgIpc) is 2.39. The monoisotopic (exact) mass is 319 g/mol. The molecule has 0 amide bonds. The predicted octanol–water partition coefficient (Wildman–Crippen LogP) is 3.50. The van der Waals surface area contributed by atoms with E-state index in [0.29, 0.717) is 0 Å². The summed E-state index contributed by atoms with van der Waals surface area (Å²) in [6.45, 7) is 2.78. The molecule has 1 aromatic heterocycles. The maximum atomic E-state index is 5.80. The van der Waals surface area contributed by atoms with Gasteiger partial charge in [-0.15, -0.1) is 0 Å². The van der Waals surface area contributed by atoms with Crippen molar-refractivity contribution in [2.24, 2.45) is 5.73 Å². The first kappa shape index (κ1) is 14.0. The van der Waals surface area contributed by atoms with Crippen molar-refractivity contribution in [3.63, 3.8) is 0 Å². The molecule has 2 aromatic rings. The van der Waals surface area contributed by atoms with E-state index in [9.17, 15) is 0 Å². The lowest BCUT2D eigenvalue weighted by Crippen LogP contribution is -2.17. The molecule has 0 aliphatic rings. The van der Waals surface area contributed by atoms with Crippen LogP contribution in [-0.4, -0.2) is 12.0 Å². The number of benzene rings is 1. The Morgan fingerprint density at radius 1 is 1.32 bits per heavy atom. The van der Waals surface area contributed by atoms with E-state index < -0.39 is 0 Å². The minimum absolute atomic E-state index is 0.0237. The van der Waals surface area contributed by atoms with E-state index in [1.807, 2.05) is 31.3 Å². The van der Waals surface area contributed by atoms with Crippen LogP contribution in [0.5, 0.6) is 0 Å². The Labute approximate surface area is 122 Å². The van der Waals surface area contributed by atoms with Gasteiger partial charge in [-0.25, -0.2) is 0 Å². The van der Waals surface area contributed by atoms with Crippen LogP contribution in [0.4, 0.5) is 5.69 Å². The smallest absolute Gasteiger partial charge is 0.0569 e. The second kappa shape index (κ2) is 6.17. The first-order valence-electron chi connectivity index (χ1n) is 6.23. The van der Waals surface area contributed by atoms with E-state index in [-0.39, 0.29) is 6.04 Å². The molecule has 2 N–H and O–H groups in total. The van der Waals surface area contributed by atoms with E-state index in [2.05, 4.69) is 51.1 Å². The highest BCUT2D eigenvalue weighted by Gasteiger charge is 2.05. The normalized spacial score (nSPS) is 12.2. The van der Waals surface area contributed by atoms with Crippen LogP contribution in [0.3, 0.4) is 0 Å². The van der Waals surface area contributed by atoms with Crippen molar-refractivity contribution in [2.75, 3.05) is 11.9 Å². The number of pyridine rings is 1. The van der Waals surface area contributed by atoms with Crippen molar-refractivity contribution >= 4 is 21.6 Å². The van der Waals surface area contributed by atoms with Crippen molar-refractivity contribution < 1.29 is 0 Å². The van der Waals surface area contributed by atoms with Crippen LogP contribution in [0, 0.1) is 0 Å². The number of nitrogens with zero attached hydrogens (tertiary/aromatic N) is 2. The van der Waals surface area contributed by atoms with Gasteiger partial charge in [-0.1, -0.05) is 28.1 Å². The summed E-state index contributed by atoms with van der Waals surface area (Å²) in [6.07, 6.45) is 1.87. The van der Waals surface area contributed by atoms with Gasteiger partial charge in [0.15, 0.2) is 0 Å². The molecule has 0 aliphatic carbocycles. The van der Waals surface area contributed by atoms with Crippen molar-refractivity contribution in [3.05, 3.63) is 58.3 Å². The summed E-state index contributed by atoms with van der Waals surface area (Å²) >= 11 is 3.49. The van der Waals surface area contributed by atoms with Crippen LogP contribution < -0.4 is 10.6 Å². The molecule has 0 saturated carbocycles.